The van der Waals surface area contributed by atoms with E-state index in [1.165, 1.54) is 32.1 Å². The van der Waals surface area contributed by atoms with Crippen LogP contribution in [0.25, 0.3) is 0 Å². The summed E-state index contributed by atoms with van der Waals surface area (Å²) in [6, 6.07) is 0.0421. The molecule has 4 unspecified atom stereocenters. The first-order chi connectivity index (χ1) is 8.18. The first-order valence-corrected chi connectivity index (χ1v) is 7.19. The second kappa shape index (κ2) is 5.85. The maximum Gasteiger partial charge on any atom is 0.237 e. The van der Waals surface area contributed by atoms with E-state index in [2.05, 4.69) is 24.5 Å². The van der Waals surface area contributed by atoms with E-state index < -0.39 is 0 Å². The second-order valence-electron chi connectivity index (χ2n) is 5.96. The van der Waals surface area contributed by atoms with E-state index in [-0.39, 0.29) is 11.9 Å². The lowest BCUT2D eigenvalue weighted by Gasteiger charge is -2.29. The van der Waals surface area contributed by atoms with E-state index in [1.54, 1.807) is 0 Å². The molecule has 1 saturated heterocycles. The van der Waals surface area contributed by atoms with Crippen LogP contribution in [0.15, 0.2) is 0 Å². The Bertz CT molecular complexity index is 267. The predicted octanol–water partition coefficient (Wildman–Crippen LogP) is 1.93. The Morgan fingerprint density at radius 1 is 1.18 bits per heavy atom. The van der Waals surface area contributed by atoms with Crippen LogP contribution in [0.3, 0.4) is 0 Å². The van der Waals surface area contributed by atoms with E-state index in [0.717, 1.165) is 19.0 Å². The molecule has 3 nitrogen and oxygen atoms in total. The Morgan fingerprint density at radius 3 is 2.59 bits per heavy atom. The minimum absolute atomic E-state index is 0.0421. The summed E-state index contributed by atoms with van der Waals surface area (Å²) in [6.45, 7) is 6.35. The van der Waals surface area contributed by atoms with Crippen molar-refractivity contribution in [3.05, 3.63) is 0 Å². The molecule has 1 saturated carbocycles. The summed E-state index contributed by atoms with van der Waals surface area (Å²) < 4.78 is 0. The molecule has 1 amide bonds. The van der Waals surface area contributed by atoms with Crippen LogP contribution in [0.1, 0.15) is 46.0 Å². The smallest absolute Gasteiger partial charge is 0.237 e. The first kappa shape index (κ1) is 12.9. The van der Waals surface area contributed by atoms with Gasteiger partial charge in [0, 0.05) is 6.54 Å². The summed E-state index contributed by atoms with van der Waals surface area (Å²) in [5.41, 5.74) is 0. The highest BCUT2D eigenvalue weighted by Gasteiger charge is 2.29. The predicted molar refractivity (Wildman–Crippen MR) is 69.7 cm³/mol. The van der Waals surface area contributed by atoms with Crippen LogP contribution in [-0.2, 0) is 4.79 Å². The molecule has 0 aromatic rings. The van der Waals surface area contributed by atoms with Crippen LogP contribution in [-0.4, -0.2) is 25.0 Å². The molecule has 2 fully saturated rings. The van der Waals surface area contributed by atoms with E-state index in [0.29, 0.717) is 11.8 Å². The average molecular weight is 238 g/mol. The van der Waals surface area contributed by atoms with Crippen molar-refractivity contribution < 1.29 is 4.79 Å². The molecule has 2 rings (SSSR count). The van der Waals surface area contributed by atoms with Gasteiger partial charge < -0.3 is 10.6 Å². The van der Waals surface area contributed by atoms with E-state index in [1.807, 2.05) is 0 Å². The zero-order chi connectivity index (χ0) is 12.3. The number of carbonyl (C=O) groups is 1. The molecular formula is C14H26N2O. The average Bonchev–Trinajstić information content (AvgIpc) is 2.72. The van der Waals surface area contributed by atoms with Gasteiger partial charge >= 0.3 is 0 Å². The maximum absolute atomic E-state index is 12.1. The molecule has 2 N–H and O–H groups in total. The summed E-state index contributed by atoms with van der Waals surface area (Å²) in [7, 11) is 0. The van der Waals surface area contributed by atoms with Crippen molar-refractivity contribution in [3.63, 3.8) is 0 Å². The molecule has 4 atom stereocenters. The quantitative estimate of drug-likeness (QED) is 0.789. The molecule has 2 aliphatic rings. The van der Waals surface area contributed by atoms with Crippen LogP contribution >= 0.6 is 0 Å². The molecule has 1 aliphatic carbocycles. The molecule has 3 heteroatoms. The van der Waals surface area contributed by atoms with Gasteiger partial charge in [-0.1, -0.05) is 26.7 Å². The minimum Gasteiger partial charge on any atom is -0.354 e. The van der Waals surface area contributed by atoms with E-state index >= 15 is 0 Å². The van der Waals surface area contributed by atoms with Gasteiger partial charge in [0.1, 0.15) is 0 Å². The topological polar surface area (TPSA) is 41.1 Å². The number of carbonyl (C=O) groups excluding carboxylic acids is 1. The van der Waals surface area contributed by atoms with Gasteiger partial charge in [-0.25, -0.2) is 0 Å². The first-order valence-electron chi connectivity index (χ1n) is 7.19. The van der Waals surface area contributed by atoms with Gasteiger partial charge in [-0.15, -0.1) is 0 Å². The highest BCUT2D eigenvalue weighted by molar-refractivity contribution is 5.82. The van der Waals surface area contributed by atoms with Gasteiger partial charge in [-0.3, -0.25) is 4.79 Å². The van der Waals surface area contributed by atoms with Crippen LogP contribution < -0.4 is 10.6 Å². The Kier molecular flexibility index (Phi) is 4.43. The molecule has 0 bridgehead atoms. The fourth-order valence-electron chi connectivity index (χ4n) is 3.27. The zero-order valence-electron chi connectivity index (χ0n) is 11.2. The van der Waals surface area contributed by atoms with Gasteiger partial charge in [0.25, 0.3) is 0 Å². The highest BCUT2D eigenvalue weighted by atomic mass is 16.2. The SMILES string of the molecule is CC1CCCC1CNC(=O)C1NCCCC1C. The maximum atomic E-state index is 12.1. The lowest BCUT2D eigenvalue weighted by Crippen LogP contribution is -2.51. The summed E-state index contributed by atoms with van der Waals surface area (Å²) >= 11 is 0. The van der Waals surface area contributed by atoms with Crippen molar-refractivity contribution in [1.82, 2.24) is 10.6 Å². The minimum atomic E-state index is 0.0421. The van der Waals surface area contributed by atoms with Crippen LogP contribution in [0.4, 0.5) is 0 Å². The van der Waals surface area contributed by atoms with E-state index in [9.17, 15) is 4.79 Å². The largest absolute Gasteiger partial charge is 0.354 e. The summed E-state index contributed by atoms with van der Waals surface area (Å²) in [5, 5.41) is 6.50. The molecule has 0 aromatic carbocycles. The molecule has 0 radical (unpaired) electrons. The van der Waals surface area contributed by atoms with Crippen molar-refractivity contribution in [2.24, 2.45) is 17.8 Å². The van der Waals surface area contributed by atoms with Crippen molar-refractivity contribution in [1.29, 1.82) is 0 Å². The zero-order valence-corrected chi connectivity index (χ0v) is 11.2. The van der Waals surface area contributed by atoms with Crippen molar-refractivity contribution in [2.75, 3.05) is 13.1 Å². The van der Waals surface area contributed by atoms with Crippen LogP contribution in [0, 0.1) is 17.8 Å². The second-order valence-corrected chi connectivity index (χ2v) is 5.96. The number of piperidine rings is 1. The molecule has 1 heterocycles. The molecule has 1 aliphatic heterocycles. The third-order valence-corrected chi connectivity index (χ3v) is 4.63. The van der Waals surface area contributed by atoms with Gasteiger partial charge in [-0.2, -0.15) is 0 Å². The number of nitrogens with one attached hydrogen (secondary N) is 2. The lowest BCUT2D eigenvalue weighted by molar-refractivity contribution is -0.125. The number of hydrogen-bond acceptors (Lipinski definition) is 2. The summed E-state index contributed by atoms with van der Waals surface area (Å²) in [6.07, 6.45) is 6.32. The third kappa shape index (κ3) is 3.21. The van der Waals surface area contributed by atoms with Crippen molar-refractivity contribution in [3.8, 4) is 0 Å². The van der Waals surface area contributed by atoms with Crippen molar-refractivity contribution >= 4 is 5.91 Å². The van der Waals surface area contributed by atoms with Crippen LogP contribution in [0.5, 0.6) is 0 Å². The summed E-state index contributed by atoms with van der Waals surface area (Å²) in [4.78, 5) is 12.1. The van der Waals surface area contributed by atoms with Gasteiger partial charge in [0.2, 0.25) is 5.91 Å². The Balaban J connectivity index is 1.76. The molecular weight excluding hydrogens is 212 g/mol. The van der Waals surface area contributed by atoms with Crippen molar-refractivity contribution in [2.45, 2.75) is 52.0 Å². The van der Waals surface area contributed by atoms with Gasteiger partial charge in [-0.05, 0) is 43.6 Å². The Morgan fingerprint density at radius 2 is 1.94 bits per heavy atom. The third-order valence-electron chi connectivity index (χ3n) is 4.63. The summed E-state index contributed by atoms with van der Waals surface area (Å²) in [5.74, 6) is 2.19. The Labute approximate surface area is 105 Å². The normalized spacial score (nSPS) is 38.0. The fraction of sp³-hybridized carbons (Fsp3) is 0.929. The standard InChI is InChI=1S/C14H26N2O/c1-10-5-3-7-12(10)9-16-14(17)13-11(2)6-4-8-15-13/h10-13,15H,3-9H2,1-2H3,(H,16,17). The molecule has 0 aromatic heterocycles. The Hall–Kier alpha value is -0.570. The lowest BCUT2D eigenvalue weighted by atomic mass is 9.91. The number of rotatable bonds is 3. The monoisotopic (exact) mass is 238 g/mol. The molecule has 0 spiro atoms. The fourth-order valence-corrected chi connectivity index (χ4v) is 3.27. The van der Waals surface area contributed by atoms with E-state index in [4.69, 9.17) is 0 Å². The molecule has 17 heavy (non-hydrogen) atoms. The van der Waals surface area contributed by atoms with Gasteiger partial charge in [0.15, 0.2) is 0 Å². The van der Waals surface area contributed by atoms with Gasteiger partial charge in [0.05, 0.1) is 6.04 Å². The van der Waals surface area contributed by atoms with Crippen LogP contribution in [0.2, 0.25) is 0 Å². The number of hydrogen-bond donors (Lipinski definition) is 2. The molecule has 98 valence electrons. The number of amides is 1. The highest BCUT2D eigenvalue weighted by Crippen LogP contribution is 2.30.